The molecule has 0 saturated carbocycles. The van der Waals surface area contributed by atoms with Crippen LogP contribution in [0.5, 0.6) is 0 Å². The Kier molecular flexibility index (Phi) is 13.0. The van der Waals surface area contributed by atoms with E-state index in [0.29, 0.717) is 0 Å². The molecule has 1 aliphatic heterocycles. The van der Waals surface area contributed by atoms with Crippen molar-refractivity contribution in [1.29, 1.82) is 0 Å². The van der Waals surface area contributed by atoms with Gasteiger partial charge in [-0.25, -0.2) is 0 Å². The molecule has 0 unspecified atom stereocenters. The Morgan fingerprint density at radius 1 is 1.07 bits per heavy atom. The van der Waals surface area contributed by atoms with Gasteiger partial charge in [0.05, 0.1) is 6.61 Å². The minimum atomic E-state index is -1.32. The second-order valence-corrected chi connectivity index (χ2v) is 3.23. The summed E-state index contributed by atoms with van der Waals surface area (Å²) in [5.41, 5.74) is -0.874. The minimum absolute atomic E-state index is 0. The molecule has 15 heavy (non-hydrogen) atoms. The van der Waals surface area contributed by atoms with E-state index < -0.39 is 36.5 Å². The molecule has 7 nitrogen and oxygen atoms in total. The topological polar surface area (TPSA) is 153 Å². The van der Waals surface area contributed by atoms with E-state index in [0.717, 1.165) is 0 Å². The average Bonchev–Trinajstić information content (AvgIpc) is 2.08. The van der Waals surface area contributed by atoms with Crippen molar-refractivity contribution in [1.82, 2.24) is 0 Å². The Balaban J connectivity index is -0.000000180. The molecule has 5 atom stereocenters. The van der Waals surface area contributed by atoms with Crippen molar-refractivity contribution in [2.45, 2.75) is 29.9 Å². The fraction of sp³-hybridized carbons (Fsp3) is 1.00. The van der Waals surface area contributed by atoms with Crippen LogP contribution in [0.4, 0.5) is 0 Å². The number of aliphatic hydroxyl groups excluding tert-OH is 4. The summed E-state index contributed by atoms with van der Waals surface area (Å²) in [7, 11) is 0. The molecule has 0 aliphatic carbocycles. The molecule has 1 saturated heterocycles. The van der Waals surface area contributed by atoms with Crippen molar-refractivity contribution in [2.24, 2.45) is 0 Å². The molecule has 0 amide bonds. The van der Waals surface area contributed by atoms with Crippen LogP contribution in [0.15, 0.2) is 0 Å². The zero-order chi connectivity index (χ0) is 9.30. The summed E-state index contributed by atoms with van der Waals surface area (Å²) in [5.74, 6) is 0. The molecule has 1 fully saturated rings. The summed E-state index contributed by atoms with van der Waals surface area (Å²) < 4.78 is 4.88. The third-order valence-electron chi connectivity index (χ3n) is 1.87. The van der Waals surface area contributed by atoms with Gasteiger partial charge in [0.25, 0.3) is 0 Å². The Morgan fingerprint density at radius 3 is 1.93 bits per heavy atom. The minimum Gasteiger partial charge on any atom is -1.00 e. The fourth-order valence-electron chi connectivity index (χ4n) is 1.08. The van der Waals surface area contributed by atoms with Gasteiger partial charge < -0.3 is 37.5 Å². The van der Waals surface area contributed by atoms with Crippen LogP contribution in [-0.4, -0.2) is 67.8 Å². The van der Waals surface area contributed by atoms with Crippen molar-refractivity contribution in [2.75, 3.05) is 6.61 Å². The summed E-state index contributed by atoms with van der Waals surface area (Å²) in [4.78, 5) is 0. The largest absolute Gasteiger partial charge is 1.00 e. The van der Waals surface area contributed by atoms with Crippen LogP contribution in [0.3, 0.4) is 0 Å². The summed E-state index contributed by atoms with van der Waals surface area (Å²) >= 11 is 3.81. The van der Waals surface area contributed by atoms with Crippen molar-refractivity contribution >= 4 is 12.6 Å². The van der Waals surface area contributed by atoms with E-state index in [4.69, 9.17) is 14.9 Å². The van der Waals surface area contributed by atoms with Crippen molar-refractivity contribution < 1.29 is 67.1 Å². The number of rotatable bonds is 1. The molecule has 1 rings (SSSR count). The number of ether oxygens (including phenoxy) is 1. The molecule has 1 heterocycles. The van der Waals surface area contributed by atoms with Gasteiger partial charge >= 0.3 is 29.6 Å². The molecule has 8 N–H and O–H groups in total. The van der Waals surface area contributed by atoms with Crippen molar-refractivity contribution in [3.8, 4) is 0 Å². The smallest absolute Gasteiger partial charge is 1.00 e. The van der Waals surface area contributed by atoms with Gasteiger partial charge in [-0.05, 0) is 0 Å². The monoisotopic (exact) mass is 256 g/mol. The molecule has 9 heteroatoms. The van der Waals surface area contributed by atoms with Crippen LogP contribution in [-0.2, 0) is 4.74 Å². The van der Waals surface area contributed by atoms with E-state index in [1.165, 1.54) is 0 Å². The molecule has 0 aromatic carbocycles. The molecule has 0 aromatic heterocycles. The van der Waals surface area contributed by atoms with E-state index in [1.54, 1.807) is 0 Å². The Bertz CT molecular complexity index is 163. The molecule has 90 valence electrons. The zero-order valence-corrected chi connectivity index (χ0v) is 11.1. The molecular formula is C6H17NaO7S. The zero-order valence-electron chi connectivity index (χ0n) is 9.24. The molecule has 1 aliphatic rings. The van der Waals surface area contributed by atoms with Crippen LogP contribution < -0.4 is 29.6 Å². The summed E-state index contributed by atoms with van der Waals surface area (Å²) in [6.07, 6.45) is -4.70. The van der Waals surface area contributed by atoms with Gasteiger partial charge in [-0.3, -0.25) is 0 Å². The first-order valence-electron chi connectivity index (χ1n) is 3.56. The molecular weight excluding hydrogens is 239 g/mol. The van der Waals surface area contributed by atoms with Gasteiger partial charge in [0.15, 0.2) is 0 Å². The number of hydrogen-bond acceptors (Lipinski definition) is 6. The first-order valence-corrected chi connectivity index (χ1v) is 4.08. The Hall–Kier alpha value is 1.07. The SMILES string of the molecule is O.O.OC[C@H]1O[C@@H](S)[C@H](O)[C@@H](O)[C@@H]1O.[H-].[Na+]. The molecule has 0 bridgehead atoms. The van der Waals surface area contributed by atoms with Crippen LogP contribution in [0, 0.1) is 0 Å². The van der Waals surface area contributed by atoms with Gasteiger partial charge in [-0.1, -0.05) is 0 Å². The third kappa shape index (κ3) is 4.84. The van der Waals surface area contributed by atoms with Crippen molar-refractivity contribution in [3.05, 3.63) is 0 Å². The molecule has 0 aromatic rings. The summed E-state index contributed by atoms with van der Waals surface area (Å²) in [5, 5.41) is 36.2. The number of thiol groups is 1. The maximum absolute atomic E-state index is 9.20. The first kappa shape index (κ1) is 21.4. The molecule has 0 spiro atoms. The van der Waals surface area contributed by atoms with Crippen LogP contribution in [0.2, 0.25) is 0 Å². The Morgan fingerprint density at radius 2 is 1.53 bits per heavy atom. The number of aliphatic hydroxyl groups is 4. The van der Waals surface area contributed by atoms with Gasteiger partial charge in [-0.15, -0.1) is 12.6 Å². The van der Waals surface area contributed by atoms with Crippen molar-refractivity contribution in [3.63, 3.8) is 0 Å². The summed E-state index contributed by atoms with van der Waals surface area (Å²) in [6.45, 7) is -0.415. The van der Waals surface area contributed by atoms with E-state index in [9.17, 15) is 10.2 Å². The van der Waals surface area contributed by atoms with E-state index >= 15 is 0 Å². The second kappa shape index (κ2) is 9.14. The van der Waals surface area contributed by atoms with Gasteiger partial charge in [0.1, 0.15) is 29.9 Å². The molecule has 0 radical (unpaired) electrons. The van der Waals surface area contributed by atoms with Crippen LogP contribution in [0.1, 0.15) is 1.43 Å². The van der Waals surface area contributed by atoms with Gasteiger partial charge in [0, 0.05) is 0 Å². The second-order valence-electron chi connectivity index (χ2n) is 2.72. The average molecular weight is 256 g/mol. The van der Waals surface area contributed by atoms with Crippen LogP contribution in [0.25, 0.3) is 0 Å². The van der Waals surface area contributed by atoms with Gasteiger partial charge in [0.2, 0.25) is 0 Å². The quantitative estimate of drug-likeness (QED) is 0.233. The van der Waals surface area contributed by atoms with Gasteiger partial charge in [-0.2, -0.15) is 0 Å². The normalized spacial score (nSPS) is 39.4. The number of hydrogen-bond donors (Lipinski definition) is 5. The predicted molar refractivity (Wildman–Crippen MR) is 51.1 cm³/mol. The van der Waals surface area contributed by atoms with Crippen LogP contribution >= 0.6 is 12.6 Å². The maximum Gasteiger partial charge on any atom is 1.00 e. The maximum atomic E-state index is 9.20. The third-order valence-corrected chi connectivity index (χ3v) is 2.29. The van der Waals surface area contributed by atoms with E-state index in [1.807, 2.05) is 0 Å². The standard InChI is InChI=1S/C6H12O5S.Na.2H2O.H/c7-1-2-3(8)4(9)5(10)6(12)11-2;;;;/h2-10,12H,1H2;;2*1H2;/q;+1;;;-1/t2-,3-,4+,5-,6+;;;;/m1..../s1. The van der Waals surface area contributed by atoms with E-state index in [2.05, 4.69) is 12.6 Å². The fourth-order valence-corrected chi connectivity index (χ4v) is 1.41. The first-order chi connectivity index (χ1) is 5.57. The summed E-state index contributed by atoms with van der Waals surface area (Å²) in [6, 6.07) is 0. The Labute approximate surface area is 116 Å². The van der Waals surface area contributed by atoms with E-state index in [-0.39, 0.29) is 41.9 Å². The predicted octanol–water partition coefficient (Wildman–Crippen LogP) is -6.82.